The molecule has 12 heteroatoms. The second-order valence-corrected chi connectivity index (χ2v) is 8.73. The molecule has 0 spiro atoms. The van der Waals surface area contributed by atoms with Crippen LogP contribution >= 0.6 is 0 Å². The molecule has 0 aliphatic carbocycles. The second-order valence-electron chi connectivity index (χ2n) is 6.80. The van der Waals surface area contributed by atoms with Crippen molar-refractivity contribution < 1.29 is 39.6 Å². The monoisotopic (exact) mass is 466 g/mol. The van der Waals surface area contributed by atoms with E-state index < -0.39 is 44.3 Å². The van der Waals surface area contributed by atoms with Gasteiger partial charge in [0.1, 0.15) is 0 Å². The van der Waals surface area contributed by atoms with Gasteiger partial charge in [-0.15, -0.1) is 0 Å². The summed E-state index contributed by atoms with van der Waals surface area (Å²) in [5, 5.41) is 0. The van der Waals surface area contributed by atoms with Gasteiger partial charge in [0.2, 0.25) is 10.0 Å². The number of rotatable bonds is 3. The number of carbonyl (C=O) groups excluding carboxylic acids is 1. The lowest BCUT2D eigenvalue weighted by molar-refractivity contribution is -0.138. The molecule has 1 fully saturated rings. The highest BCUT2D eigenvalue weighted by Crippen LogP contribution is 2.32. The van der Waals surface area contributed by atoms with E-state index in [1.807, 2.05) is 0 Å². The molecule has 3 rings (SSSR count). The zero-order chi connectivity index (χ0) is 23.0. The summed E-state index contributed by atoms with van der Waals surface area (Å²) in [4.78, 5) is 13.3. The summed E-state index contributed by atoms with van der Waals surface area (Å²) < 4.78 is 103. The standard InChI is InChI=1S/C19H16F6N2O3S/c20-18(21,22)14-6-4-13(5-7-14)17(28)26-8-10-27(11-9-26)31(29,30)16-3-1-2-15(12-16)19(23,24)25/h1-7,12H,8-11H2. The van der Waals surface area contributed by atoms with Gasteiger partial charge in [0, 0.05) is 31.7 Å². The molecule has 0 radical (unpaired) electrons. The van der Waals surface area contributed by atoms with Gasteiger partial charge >= 0.3 is 12.4 Å². The Morgan fingerprint density at radius 2 is 1.32 bits per heavy atom. The van der Waals surface area contributed by atoms with E-state index >= 15 is 0 Å². The minimum absolute atomic E-state index is 0.0159. The maximum absolute atomic E-state index is 12.9. The smallest absolute Gasteiger partial charge is 0.336 e. The normalized spacial score (nSPS) is 16.4. The summed E-state index contributed by atoms with van der Waals surface area (Å²) in [5.41, 5.74) is -1.98. The van der Waals surface area contributed by atoms with Crippen LogP contribution in [0.15, 0.2) is 53.4 Å². The van der Waals surface area contributed by atoms with Crippen molar-refractivity contribution in [3.8, 4) is 0 Å². The van der Waals surface area contributed by atoms with E-state index in [9.17, 15) is 39.6 Å². The van der Waals surface area contributed by atoms with Crippen LogP contribution in [0.3, 0.4) is 0 Å². The van der Waals surface area contributed by atoms with Crippen molar-refractivity contribution in [2.45, 2.75) is 17.2 Å². The number of hydrogen-bond donors (Lipinski definition) is 0. The summed E-state index contributed by atoms with van der Waals surface area (Å²) in [7, 11) is -4.21. The lowest BCUT2D eigenvalue weighted by Gasteiger charge is -2.34. The van der Waals surface area contributed by atoms with Gasteiger partial charge in [-0.05, 0) is 42.5 Å². The Morgan fingerprint density at radius 1 is 0.774 bits per heavy atom. The molecule has 0 aromatic heterocycles. The fourth-order valence-electron chi connectivity index (χ4n) is 3.10. The van der Waals surface area contributed by atoms with Crippen LogP contribution in [0.5, 0.6) is 0 Å². The van der Waals surface area contributed by atoms with Gasteiger partial charge in [0.15, 0.2) is 0 Å². The van der Waals surface area contributed by atoms with E-state index in [2.05, 4.69) is 0 Å². The molecule has 0 bridgehead atoms. The van der Waals surface area contributed by atoms with Gasteiger partial charge in [-0.25, -0.2) is 8.42 Å². The van der Waals surface area contributed by atoms with Crippen molar-refractivity contribution in [2.24, 2.45) is 0 Å². The van der Waals surface area contributed by atoms with E-state index in [1.54, 1.807) is 0 Å². The van der Waals surface area contributed by atoms with Crippen molar-refractivity contribution in [1.82, 2.24) is 9.21 Å². The van der Waals surface area contributed by atoms with Gasteiger partial charge in [-0.2, -0.15) is 30.6 Å². The quantitative estimate of drug-likeness (QED) is 0.646. The first-order valence-corrected chi connectivity index (χ1v) is 10.4. The first-order valence-electron chi connectivity index (χ1n) is 8.94. The van der Waals surface area contributed by atoms with Crippen LogP contribution in [0, 0.1) is 0 Å². The molecular formula is C19H16F6N2O3S. The van der Waals surface area contributed by atoms with Gasteiger partial charge in [-0.1, -0.05) is 6.07 Å². The van der Waals surface area contributed by atoms with Crippen LogP contribution in [0.4, 0.5) is 26.3 Å². The van der Waals surface area contributed by atoms with Crippen molar-refractivity contribution in [2.75, 3.05) is 26.2 Å². The van der Waals surface area contributed by atoms with Gasteiger partial charge in [-0.3, -0.25) is 4.79 Å². The van der Waals surface area contributed by atoms with Crippen molar-refractivity contribution in [3.05, 3.63) is 65.2 Å². The Labute approximate surface area is 173 Å². The highest BCUT2D eigenvalue weighted by Gasteiger charge is 2.35. The molecule has 0 atom stereocenters. The summed E-state index contributed by atoms with van der Waals surface area (Å²) in [6.45, 7) is -0.438. The molecule has 2 aromatic rings. The van der Waals surface area contributed by atoms with Gasteiger partial charge in [0.25, 0.3) is 5.91 Å². The summed E-state index contributed by atoms with van der Waals surface area (Å²) in [5.74, 6) is -0.565. The van der Waals surface area contributed by atoms with Crippen LogP contribution < -0.4 is 0 Å². The fourth-order valence-corrected chi connectivity index (χ4v) is 4.57. The van der Waals surface area contributed by atoms with E-state index in [4.69, 9.17) is 0 Å². The Bertz CT molecular complexity index is 1060. The molecule has 1 aliphatic heterocycles. The Kier molecular flexibility index (Phi) is 6.07. The van der Waals surface area contributed by atoms with Crippen LogP contribution in [-0.4, -0.2) is 49.7 Å². The van der Waals surface area contributed by atoms with Crippen LogP contribution in [0.1, 0.15) is 21.5 Å². The molecule has 168 valence electrons. The predicted molar refractivity (Wildman–Crippen MR) is 97.6 cm³/mol. The summed E-state index contributed by atoms with van der Waals surface area (Å²) >= 11 is 0. The summed E-state index contributed by atoms with van der Waals surface area (Å²) in [6, 6.07) is 7.01. The molecule has 5 nitrogen and oxygen atoms in total. The maximum Gasteiger partial charge on any atom is 0.416 e. The molecule has 31 heavy (non-hydrogen) atoms. The first kappa shape index (κ1) is 23.1. The molecule has 1 saturated heterocycles. The lowest BCUT2D eigenvalue weighted by atomic mass is 10.1. The Hall–Kier alpha value is -2.60. The van der Waals surface area contributed by atoms with E-state index in [0.717, 1.165) is 46.8 Å². The number of alkyl halides is 6. The number of halogens is 6. The Balaban J connectivity index is 1.69. The van der Waals surface area contributed by atoms with E-state index in [0.29, 0.717) is 6.07 Å². The molecule has 1 aliphatic rings. The molecule has 1 heterocycles. The molecule has 0 unspecified atom stereocenters. The fraction of sp³-hybridized carbons (Fsp3) is 0.316. The number of carbonyl (C=O) groups is 1. The van der Waals surface area contributed by atoms with Crippen LogP contribution in [0.25, 0.3) is 0 Å². The lowest BCUT2D eigenvalue weighted by Crippen LogP contribution is -2.50. The van der Waals surface area contributed by atoms with Crippen molar-refractivity contribution in [1.29, 1.82) is 0 Å². The number of amides is 1. The topological polar surface area (TPSA) is 57.7 Å². The van der Waals surface area contributed by atoms with Crippen molar-refractivity contribution >= 4 is 15.9 Å². The summed E-state index contributed by atoms with van der Waals surface area (Å²) in [6.07, 6.45) is -9.23. The van der Waals surface area contributed by atoms with Crippen molar-refractivity contribution in [3.63, 3.8) is 0 Å². The first-order chi connectivity index (χ1) is 14.3. The van der Waals surface area contributed by atoms with E-state index in [-0.39, 0.29) is 31.7 Å². The average Bonchev–Trinajstić information content (AvgIpc) is 2.72. The number of hydrogen-bond acceptors (Lipinski definition) is 3. The number of sulfonamides is 1. The third-order valence-corrected chi connectivity index (χ3v) is 6.68. The average molecular weight is 466 g/mol. The Morgan fingerprint density at radius 3 is 1.84 bits per heavy atom. The largest absolute Gasteiger partial charge is 0.416 e. The number of benzene rings is 2. The van der Waals surface area contributed by atoms with Gasteiger partial charge < -0.3 is 4.90 Å². The third kappa shape index (κ3) is 5.01. The zero-order valence-corrected chi connectivity index (χ0v) is 16.6. The highest BCUT2D eigenvalue weighted by molar-refractivity contribution is 7.89. The predicted octanol–water partition coefficient (Wildman–Crippen LogP) is 3.87. The second kappa shape index (κ2) is 8.15. The van der Waals surface area contributed by atoms with Crippen LogP contribution in [0.2, 0.25) is 0 Å². The molecular weight excluding hydrogens is 450 g/mol. The molecule has 0 saturated carbocycles. The molecule has 1 amide bonds. The maximum atomic E-state index is 12.9. The highest BCUT2D eigenvalue weighted by atomic mass is 32.2. The third-order valence-electron chi connectivity index (χ3n) is 4.78. The minimum atomic E-state index is -4.70. The number of piperazine rings is 1. The van der Waals surface area contributed by atoms with E-state index in [1.165, 1.54) is 4.90 Å². The number of nitrogens with zero attached hydrogens (tertiary/aromatic N) is 2. The van der Waals surface area contributed by atoms with Gasteiger partial charge in [0.05, 0.1) is 16.0 Å². The molecule has 2 aromatic carbocycles. The van der Waals surface area contributed by atoms with Crippen LogP contribution in [-0.2, 0) is 22.4 Å². The SMILES string of the molecule is O=C(c1ccc(C(F)(F)F)cc1)N1CCN(S(=O)(=O)c2cccc(C(F)(F)F)c2)CC1. The molecule has 0 N–H and O–H groups in total. The minimum Gasteiger partial charge on any atom is -0.336 e. The zero-order valence-electron chi connectivity index (χ0n) is 15.7.